The van der Waals surface area contributed by atoms with E-state index in [1.54, 1.807) is 6.33 Å². The Kier molecular flexibility index (Phi) is 3.89. The highest BCUT2D eigenvalue weighted by Crippen LogP contribution is 2.34. The number of rotatable bonds is 5. The van der Waals surface area contributed by atoms with Crippen LogP contribution in [-0.4, -0.2) is 42.5 Å². The third-order valence-corrected chi connectivity index (χ3v) is 4.64. The van der Waals surface area contributed by atoms with Crippen LogP contribution in [0.25, 0.3) is 11.2 Å². The van der Waals surface area contributed by atoms with E-state index in [0.717, 1.165) is 48.8 Å². The summed E-state index contributed by atoms with van der Waals surface area (Å²) in [5.41, 5.74) is 2.79. The van der Waals surface area contributed by atoms with Crippen LogP contribution in [0.4, 0.5) is 5.82 Å². The summed E-state index contributed by atoms with van der Waals surface area (Å²) in [7, 11) is 1.95. The fraction of sp³-hybridized carbons (Fsp3) is 0.500. The van der Waals surface area contributed by atoms with Gasteiger partial charge in [-0.15, -0.1) is 0 Å². The Hall–Kier alpha value is -2.48. The molecule has 0 aromatic carbocycles. The number of imidazole rings is 1. The monoisotopic (exact) mass is 327 g/mol. The summed E-state index contributed by atoms with van der Waals surface area (Å²) in [4.78, 5) is 13.1. The minimum atomic E-state index is 0.0653. The molecule has 24 heavy (non-hydrogen) atoms. The van der Waals surface area contributed by atoms with Gasteiger partial charge in [-0.3, -0.25) is 4.68 Å². The van der Waals surface area contributed by atoms with Crippen LogP contribution < -0.4 is 5.32 Å². The molecule has 8 nitrogen and oxygen atoms in total. The first-order chi connectivity index (χ1) is 11.8. The summed E-state index contributed by atoms with van der Waals surface area (Å²) in [6.45, 7) is 4.46. The minimum Gasteiger partial charge on any atom is -0.372 e. The van der Waals surface area contributed by atoms with E-state index in [2.05, 4.69) is 32.3 Å². The van der Waals surface area contributed by atoms with E-state index in [9.17, 15) is 0 Å². The first-order valence-corrected chi connectivity index (χ1v) is 8.27. The molecule has 8 heteroatoms. The van der Waals surface area contributed by atoms with Gasteiger partial charge in [-0.05, 0) is 19.4 Å². The molecule has 1 saturated heterocycles. The van der Waals surface area contributed by atoms with Gasteiger partial charge in [0.1, 0.15) is 17.9 Å². The van der Waals surface area contributed by atoms with Gasteiger partial charge in [-0.1, -0.05) is 0 Å². The maximum atomic E-state index is 5.93. The van der Waals surface area contributed by atoms with Crippen LogP contribution in [0, 0.1) is 5.92 Å². The average Bonchev–Trinajstić information content (AvgIpc) is 3.31. The lowest BCUT2D eigenvalue weighted by Gasteiger charge is -2.19. The van der Waals surface area contributed by atoms with Crippen LogP contribution in [0.1, 0.15) is 25.1 Å². The molecule has 1 aliphatic rings. The Bertz CT molecular complexity index is 840. The Balaban J connectivity index is 1.52. The summed E-state index contributed by atoms with van der Waals surface area (Å²) in [6.07, 6.45) is 6.28. The number of nitrogens with zero attached hydrogens (tertiary/aromatic N) is 6. The molecule has 0 aliphatic carbocycles. The highest BCUT2D eigenvalue weighted by Gasteiger charge is 2.31. The molecule has 126 valence electrons. The van der Waals surface area contributed by atoms with E-state index < -0.39 is 0 Å². The molecule has 4 heterocycles. The molecular formula is C16H21N7O. The molecule has 2 atom stereocenters. The number of hydrogen-bond donors (Lipinski definition) is 1. The second-order valence-electron chi connectivity index (χ2n) is 6.03. The number of fused-ring (bicyclic) bond motifs is 1. The summed E-state index contributed by atoms with van der Waals surface area (Å²) in [6, 6.07) is 2.02. The molecule has 1 N–H and O–H groups in total. The van der Waals surface area contributed by atoms with Crippen molar-refractivity contribution in [3.63, 3.8) is 0 Å². The van der Waals surface area contributed by atoms with Crippen LogP contribution in [-0.2, 0) is 18.3 Å². The fourth-order valence-electron chi connectivity index (χ4n) is 3.30. The Labute approximate surface area is 139 Å². The maximum absolute atomic E-state index is 5.93. The maximum Gasteiger partial charge on any atom is 0.165 e. The molecule has 0 spiro atoms. The third kappa shape index (κ3) is 2.52. The third-order valence-electron chi connectivity index (χ3n) is 4.64. The summed E-state index contributed by atoms with van der Waals surface area (Å²) in [5.74, 6) is 1.15. The van der Waals surface area contributed by atoms with Crippen LogP contribution >= 0.6 is 0 Å². The summed E-state index contributed by atoms with van der Waals surface area (Å²) < 4.78 is 9.83. The van der Waals surface area contributed by atoms with Gasteiger partial charge >= 0.3 is 0 Å². The molecule has 0 unspecified atom stereocenters. The van der Waals surface area contributed by atoms with Gasteiger partial charge in [0, 0.05) is 38.9 Å². The van der Waals surface area contributed by atoms with Crippen LogP contribution in [0.2, 0.25) is 0 Å². The topological polar surface area (TPSA) is 82.7 Å². The molecule has 3 aromatic heterocycles. The van der Waals surface area contributed by atoms with Gasteiger partial charge in [0.2, 0.25) is 0 Å². The quantitative estimate of drug-likeness (QED) is 0.769. The van der Waals surface area contributed by atoms with Gasteiger partial charge in [0.05, 0.1) is 12.0 Å². The molecule has 0 saturated carbocycles. The number of hydrogen-bond acceptors (Lipinski definition) is 6. The van der Waals surface area contributed by atoms with Crippen molar-refractivity contribution >= 4 is 17.0 Å². The predicted molar refractivity (Wildman–Crippen MR) is 89.5 cm³/mol. The van der Waals surface area contributed by atoms with E-state index in [-0.39, 0.29) is 6.10 Å². The van der Waals surface area contributed by atoms with Crippen molar-refractivity contribution in [2.45, 2.75) is 26.0 Å². The van der Waals surface area contributed by atoms with E-state index in [1.165, 1.54) is 0 Å². The number of aryl methyl sites for hydroxylation is 2. The predicted octanol–water partition coefficient (Wildman–Crippen LogP) is 1.77. The lowest BCUT2D eigenvalue weighted by atomic mass is 9.99. The van der Waals surface area contributed by atoms with Gasteiger partial charge in [-0.2, -0.15) is 5.10 Å². The Morgan fingerprint density at radius 3 is 3.04 bits per heavy atom. The van der Waals surface area contributed by atoms with Crippen LogP contribution in [0.3, 0.4) is 0 Å². The zero-order valence-corrected chi connectivity index (χ0v) is 13.9. The first-order valence-electron chi connectivity index (χ1n) is 8.27. The molecule has 1 aliphatic heterocycles. The van der Waals surface area contributed by atoms with Crippen molar-refractivity contribution < 1.29 is 4.74 Å². The first kappa shape index (κ1) is 15.1. The second-order valence-corrected chi connectivity index (χ2v) is 6.03. The second kappa shape index (κ2) is 6.20. The lowest BCUT2D eigenvalue weighted by molar-refractivity contribution is 0.0866. The van der Waals surface area contributed by atoms with Crippen LogP contribution in [0.15, 0.2) is 24.9 Å². The van der Waals surface area contributed by atoms with Crippen molar-refractivity contribution in [3.05, 3.63) is 30.6 Å². The smallest absolute Gasteiger partial charge is 0.165 e. The van der Waals surface area contributed by atoms with Gasteiger partial charge in [0.25, 0.3) is 0 Å². The Morgan fingerprint density at radius 2 is 2.25 bits per heavy atom. The number of nitrogens with one attached hydrogen (secondary N) is 1. The number of ether oxygens (including phenoxy) is 1. The lowest BCUT2D eigenvalue weighted by Crippen LogP contribution is -2.20. The summed E-state index contributed by atoms with van der Waals surface area (Å²) >= 11 is 0. The number of anilines is 1. The molecule has 3 aromatic rings. The van der Waals surface area contributed by atoms with E-state index >= 15 is 0 Å². The molecular weight excluding hydrogens is 306 g/mol. The van der Waals surface area contributed by atoms with Crippen molar-refractivity contribution in [2.75, 3.05) is 18.5 Å². The van der Waals surface area contributed by atoms with Crippen LogP contribution in [0.5, 0.6) is 0 Å². The van der Waals surface area contributed by atoms with Gasteiger partial charge in [0.15, 0.2) is 11.5 Å². The molecule has 4 rings (SSSR count). The zero-order chi connectivity index (χ0) is 16.5. The highest BCUT2D eigenvalue weighted by atomic mass is 16.5. The van der Waals surface area contributed by atoms with Crippen molar-refractivity contribution in [3.8, 4) is 0 Å². The molecule has 0 amide bonds. The van der Waals surface area contributed by atoms with Crippen molar-refractivity contribution in [2.24, 2.45) is 13.0 Å². The molecule has 0 bridgehead atoms. The van der Waals surface area contributed by atoms with Gasteiger partial charge in [-0.25, -0.2) is 15.0 Å². The number of aromatic nitrogens is 6. The molecule has 1 fully saturated rings. The fourth-order valence-corrected chi connectivity index (χ4v) is 3.30. The van der Waals surface area contributed by atoms with E-state index in [1.807, 2.05) is 34.9 Å². The van der Waals surface area contributed by atoms with E-state index in [4.69, 9.17) is 4.74 Å². The Morgan fingerprint density at radius 1 is 1.33 bits per heavy atom. The highest BCUT2D eigenvalue weighted by molar-refractivity contribution is 5.82. The van der Waals surface area contributed by atoms with Gasteiger partial charge < -0.3 is 14.6 Å². The standard InChI is InChI=1S/C16H21N7O/c1-3-23-10-20-13-15(18-9-19-16(13)23)17-8-11-5-7-24-14(11)12-4-6-21-22(12)2/h4,6,9-11,14H,3,5,7-8H2,1-2H3,(H,17,18,19)/t11-,14+/m0/s1. The zero-order valence-electron chi connectivity index (χ0n) is 13.9. The normalized spacial score (nSPS) is 20.8. The minimum absolute atomic E-state index is 0.0653. The van der Waals surface area contributed by atoms with Crippen molar-refractivity contribution in [1.82, 2.24) is 29.3 Å². The molecule has 0 radical (unpaired) electrons. The van der Waals surface area contributed by atoms with E-state index in [0.29, 0.717) is 5.92 Å². The summed E-state index contributed by atoms with van der Waals surface area (Å²) in [5, 5.41) is 7.69. The van der Waals surface area contributed by atoms with Crippen molar-refractivity contribution in [1.29, 1.82) is 0 Å². The largest absolute Gasteiger partial charge is 0.372 e. The SMILES string of the molecule is CCn1cnc2c(NC[C@@H]3CCO[C@H]3c3ccnn3C)ncnc21. The average molecular weight is 327 g/mol.